The van der Waals surface area contributed by atoms with Crippen molar-refractivity contribution in [2.45, 2.75) is 20.0 Å². The molecule has 0 aromatic heterocycles. The fraction of sp³-hybridized carbons (Fsp3) is 0.174. The van der Waals surface area contributed by atoms with Crippen molar-refractivity contribution in [3.63, 3.8) is 0 Å². The van der Waals surface area contributed by atoms with E-state index in [4.69, 9.17) is 9.47 Å². The van der Waals surface area contributed by atoms with Gasteiger partial charge in [0.25, 0.3) is 0 Å². The molecule has 0 fully saturated rings. The van der Waals surface area contributed by atoms with Crippen LogP contribution < -0.4 is 20.1 Å². The third kappa shape index (κ3) is 6.06. The molecule has 0 aliphatic rings. The highest BCUT2D eigenvalue weighted by Gasteiger charge is 2.05. The highest BCUT2D eigenvalue weighted by molar-refractivity contribution is 5.93. The van der Waals surface area contributed by atoms with Gasteiger partial charge in [-0.2, -0.15) is 0 Å². The zero-order chi connectivity index (χ0) is 19.8. The highest BCUT2D eigenvalue weighted by Crippen LogP contribution is 2.23. The van der Waals surface area contributed by atoms with Gasteiger partial charge in [0.1, 0.15) is 17.2 Å². The van der Waals surface area contributed by atoms with Crippen LogP contribution in [0.15, 0.2) is 78.9 Å². The molecule has 0 bridgehead atoms. The zero-order valence-corrected chi connectivity index (χ0v) is 16.0. The Labute approximate surface area is 165 Å². The number of benzene rings is 3. The smallest absolute Gasteiger partial charge is 0.243 e. The summed E-state index contributed by atoms with van der Waals surface area (Å²) in [6.07, 6.45) is 0.104. The number of hydrogen-bond acceptors (Lipinski definition) is 4. The van der Waals surface area contributed by atoms with E-state index in [1.165, 1.54) is 0 Å². The molecule has 0 unspecified atom stereocenters. The first-order valence-corrected chi connectivity index (χ1v) is 9.22. The van der Waals surface area contributed by atoms with Gasteiger partial charge < -0.3 is 20.1 Å². The number of ether oxygens (including phenoxy) is 2. The normalized spacial score (nSPS) is 10.4. The molecule has 0 heterocycles. The minimum absolute atomic E-state index is 0.104. The van der Waals surface area contributed by atoms with Gasteiger partial charge in [-0.1, -0.05) is 24.3 Å². The Kier molecular flexibility index (Phi) is 6.52. The Morgan fingerprint density at radius 3 is 2.21 bits per heavy atom. The van der Waals surface area contributed by atoms with Crippen LogP contribution in [0.5, 0.6) is 17.2 Å². The minimum atomic E-state index is -0.132. The van der Waals surface area contributed by atoms with Crippen molar-refractivity contribution in [1.29, 1.82) is 0 Å². The quantitative estimate of drug-likeness (QED) is 0.559. The molecule has 5 heteroatoms. The van der Waals surface area contributed by atoms with Crippen LogP contribution in [0.2, 0.25) is 0 Å². The van der Waals surface area contributed by atoms with E-state index in [0.717, 1.165) is 17.2 Å². The van der Waals surface area contributed by atoms with Gasteiger partial charge in [-0.25, -0.2) is 0 Å². The summed E-state index contributed by atoms with van der Waals surface area (Å²) in [5.41, 5.74) is 1.55. The Bertz CT molecular complexity index is 893. The average molecular weight is 376 g/mol. The van der Waals surface area contributed by atoms with E-state index in [1.807, 2.05) is 92.7 Å². The predicted molar refractivity (Wildman–Crippen MR) is 112 cm³/mol. The third-order valence-corrected chi connectivity index (χ3v) is 3.78. The summed E-state index contributed by atoms with van der Waals surface area (Å²) in [5, 5.41) is 5.97. The summed E-state index contributed by atoms with van der Waals surface area (Å²) in [6.45, 7) is 4.11. The van der Waals surface area contributed by atoms with Crippen molar-refractivity contribution in [3.05, 3.63) is 78.9 Å². The standard InChI is InChI=1S/C23H24N2O3/c1-17(2)27-22-10-6-7-19(15-22)24-16-23(26)25-18-11-13-21(14-12-18)28-20-8-4-3-5-9-20/h3-15,17,24H,16H2,1-2H3,(H,25,26). The number of carbonyl (C=O) groups is 1. The molecule has 2 N–H and O–H groups in total. The Balaban J connectivity index is 1.49. The molecule has 0 saturated heterocycles. The van der Waals surface area contributed by atoms with Crippen LogP contribution in [0.3, 0.4) is 0 Å². The van der Waals surface area contributed by atoms with Crippen LogP contribution in [0, 0.1) is 0 Å². The maximum Gasteiger partial charge on any atom is 0.243 e. The molecule has 0 atom stereocenters. The molecule has 3 aromatic carbocycles. The lowest BCUT2D eigenvalue weighted by atomic mass is 10.3. The topological polar surface area (TPSA) is 59.6 Å². The van der Waals surface area contributed by atoms with E-state index in [2.05, 4.69) is 10.6 Å². The number of nitrogens with one attached hydrogen (secondary N) is 2. The minimum Gasteiger partial charge on any atom is -0.491 e. The molecule has 0 radical (unpaired) electrons. The zero-order valence-electron chi connectivity index (χ0n) is 16.0. The van der Waals surface area contributed by atoms with Crippen molar-refractivity contribution in [3.8, 4) is 17.2 Å². The number of carbonyl (C=O) groups excluding carboxylic acids is 1. The van der Waals surface area contributed by atoms with E-state index < -0.39 is 0 Å². The first-order chi connectivity index (χ1) is 13.6. The molecule has 0 aliphatic carbocycles. The molecule has 0 aliphatic heterocycles. The molecule has 1 amide bonds. The molecule has 0 saturated carbocycles. The van der Waals surface area contributed by atoms with Crippen LogP contribution in [-0.4, -0.2) is 18.6 Å². The average Bonchev–Trinajstić information content (AvgIpc) is 2.69. The first-order valence-electron chi connectivity index (χ1n) is 9.22. The van der Waals surface area contributed by atoms with E-state index in [0.29, 0.717) is 11.4 Å². The molecule has 3 aromatic rings. The summed E-state index contributed by atoms with van der Waals surface area (Å²) in [5.74, 6) is 2.12. The third-order valence-electron chi connectivity index (χ3n) is 3.78. The second-order valence-electron chi connectivity index (χ2n) is 6.54. The molecule has 0 spiro atoms. The van der Waals surface area contributed by atoms with E-state index >= 15 is 0 Å². The molecule has 28 heavy (non-hydrogen) atoms. The molecule has 144 valence electrons. The maximum absolute atomic E-state index is 12.2. The summed E-state index contributed by atoms with van der Waals surface area (Å²) < 4.78 is 11.4. The molecule has 3 rings (SSSR count). The van der Waals surface area contributed by atoms with Gasteiger partial charge >= 0.3 is 0 Å². The van der Waals surface area contributed by atoms with Gasteiger partial charge in [-0.3, -0.25) is 4.79 Å². The lowest BCUT2D eigenvalue weighted by molar-refractivity contribution is -0.114. The lowest BCUT2D eigenvalue weighted by Crippen LogP contribution is -2.21. The van der Waals surface area contributed by atoms with Crippen LogP contribution in [-0.2, 0) is 4.79 Å². The highest BCUT2D eigenvalue weighted by atomic mass is 16.5. The fourth-order valence-electron chi connectivity index (χ4n) is 2.57. The van der Waals surface area contributed by atoms with Crippen molar-refractivity contribution in [2.75, 3.05) is 17.2 Å². The first kappa shape index (κ1) is 19.3. The number of anilines is 2. The van der Waals surface area contributed by atoms with Gasteiger partial charge in [0.15, 0.2) is 0 Å². The summed E-state index contributed by atoms with van der Waals surface area (Å²) in [7, 11) is 0. The van der Waals surface area contributed by atoms with Crippen LogP contribution in [0.25, 0.3) is 0 Å². The number of para-hydroxylation sites is 1. The Hall–Kier alpha value is -3.47. The Morgan fingerprint density at radius 2 is 1.50 bits per heavy atom. The van der Waals surface area contributed by atoms with Gasteiger partial charge in [0.05, 0.1) is 12.6 Å². The van der Waals surface area contributed by atoms with Crippen LogP contribution in [0.4, 0.5) is 11.4 Å². The molecule has 5 nitrogen and oxygen atoms in total. The van der Waals surface area contributed by atoms with E-state index in [-0.39, 0.29) is 18.6 Å². The second-order valence-corrected chi connectivity index (χ2v) is 6.54. The fourth-order valence-corrected chi connectivity index (χ4v) is 2.57. The van der Waals surface area contributed by atoms with Crippen molar-refractivity contribution < 1.29 is 14.3 Å². The SMILES string of the molecule is CC(C)Oc1cccc(NCC(=O)Nc2ccc(Oc3ccccc3)cc2)c1. The molecular formula is C23H24N2O3. The maximum atomic E-state index is 12.2. The van der Waals surface area contributed by atoms with Gasteiger partial charge in [-0.05, 0) is 62.4 Å². The molecular weight excluding hydrogens is 352 g/mol. The monoisotopic (exact) mass is 376 g/mol. The van der Waals surface area contributed by atoms with Gasteiger partial charge in [0.2, 0.25) is 5.91 Å². The number of amides is 1. The summed E-state index contributed by atoms with van der Waals surface area (Å²) >= 11 is 0. The lowest BCUT2D eigenvalue weighted by Gasteiger charge is -2.12. The largest absolute Gasteiger partial charge is 0.491 e. The van der Waals surface area contributed by atoms with Crippen LogP contribution in [0.1, 0.15) is 13.8 Å². The van der Waals surface area contributed by atoms with Crippen molar-refractivity contribution in [1.82, 2.24) is 0 Å². The summed E-state index contributed by atoms with van der Waals surface area (Å²) in [6, 6.07) is 24.4. The Morgan fingerprint density at radius 1 is 0.821 bits per heavy atom. The van der Waals surface area contributed by atoms with Crippen LogP contribution >= 0.6 is 0 Å². The van der Waals surface area contributed by atoms with Crippen molar-refractivity contribution >= 4 is 17.3 Å². The van der Waals surface area contributed by atoms with Gasteiger partial charge in [-0.15, -0.1) is 0 Å². The van der Waals surface area contributed by atoms with Gasteiger partial charge in [0, 0.05) is 17.4 Å². The number of hydrogen-bond donors (Lipinski definition) is 2. The van der Waals surface area contributed by atoms with E-state index in [1.54, 1.807) is 0 Å². The predicted octanol–water partition coefficient (Wildman–Crippen LogP) is 5.32. The number of rotatable bonds is 8. The summed E-state index contributed by atoms with van der Waals surface area (Å²) in [4.78, 5) is 12.2. The van der Waals surface area contributed by atoms with Crippen molar-refractivity contribution in [2.24, 2.45) is 0 Å². The second kappa shape index (κ2) is 9.46. The van der Waals surface area contributed by atoms with E-state index in [9.17, 15) is 4.79 Å².